The minimum atomic E-state index is 0. The third-order valence-corrected chi connectivity index (χ3v) is 0.865. The Labute approximate surface area is 91.6 Å². The summed E-state index contributed by atoms with van der Waals surface area (Å²) in [4.78, 5) is 0. The third kappa shape index (κ3) is 5.11. The summed E-state index contributed by atoms with van der Waals surface area (Å²) in [7, 11) is 2.00. The minimum absolute atomic E-state index is 0. The molecule has 0 amide bonds. The Hall–Kier alpha value is 0.646. The number of halogens is 1. The molecule has 0 aliphatic rings. The molecule has 1 aromatic rings. The van der Waals surface area contributed by atoms with Crippen LogP contribution in [-0.2, 0) is 7.05 Å². The summed E-state index contributed by atoms with van der Waals surface area (Å²) in [5.74, 6) is 0. The van der Waals surface area contributed by atoms with Gasteiger partial charge in [-0.15, -0.1) is 24.0 Å². The van der Waals surface area contributed by atoms with E-state index in [0.29, 0.717) is 0 Å². The number of hydrogen-bond acceptors (Lipinski definition) is 0. The maximum atomic E-state index is 2.00. The summed E-state index contributed by atoms with van der Waals surface area (Å²) in [5.41, 5.74) is 0. The van der Waals surface area contributed by atoms with Crippen molar-refractivity contribution in [3.8, 4) is 0 Å². The fraction of sp³-hybridized carbons (Fsp3) is 0.167. The Morgan fingerprint density at radius 2 is 1.56 bits per heavy atom. The predicted molar refractivity (Wildman–Crippen MR) is 51.0 cm³/mol. The average molecular weight is 248 g/mol. The molecule has 3 heteroatoms. The van der Waals surface area contributed by atoms with Crippen LogP contribution in [0.15, 0.2) is 30.6 Å². The standard InChI is InChI=1S/C6H8N.HI.Mg.2H/c1-7-5-3-2-4-6-7;;;;/h2-6H,1H3;1H;;;/q+1;;+2;2*-1. The van der Waals surface area contributed by atoms with E-state index in [1.54, 1.807) is 0 Å². The zero-order valence-corrected chi connectivity index (χ0v) is 9.19. The Balaban J connectivity index is -0.0000000612. The number of hydrogen-bond donors (Lipinski definition) is 0. The van der Waals surface area contributed by atoms with Crippen molar-refractivity contribution in [3.05, 3.63) is 30.6 Å². The molecular formula is C6H11IMgN+. The van der Waals surface area contributed by atoms with Gasteiger partial charge < -0.3 is 2.85 Å². The van der Waals surface area contributed by atoms with Gasteiger partial charge in [0.15, 0.2) is 12.4 Å². The maximum Gasteiger partial charge on any atom is 2.00 e. The summed E-state index contributed by atoms with van der Waals surface area (Å²) in [6, 6.07) is 6.00. The van der Waals surface area contributed by atoms with Crippen molar-refractivity contribution in [2.45, 2.75) is 0 Å². The second-order valence-corrected chi connectivity index (χ2v) is 1.54. The van der Waals surface area contributed by atoms with E-state index in [-0.39, 0.29) is 49.9 Å². The summed E-state index contributed by atoms with van der Waals surface area (Å²) in [6.07, 6.45) is 4.00. The van der Waals surface area contributed by atoms with E-state index in [4.69, 9.17) is 0 Å². The van der Waals surface area contributed by atoms with E-state index >= 15 is 0 Å². The molecule has 1 nitrogen and oxygen atoms in total. The van der Waals surface area contributed by atoms with Crippen molar-refractivity contribution in [1.82, 2.24) is 0 Å². The Bertz CT molecular complexity index is 151. The molecule has 0 saturated carbocycles. The summed E-state index contributed by atoms with van der Waals surface area (Å²) in [6.45, 7) is 0. The van der Waals surface area contributed by atoms with E-state index in [1.165, 1.54) is 0 Å². The minimum Gasteiger partial charge on any atom is -1.00 e. The van der Waals surface area contributed by atoms with Gasteiger partial charge in [-0.2, -0.15) is 0 Å². The van der Waals surface area contributed by atoms with Crippen molar-refractivity contribution < 1.29 is 7.42 Å². The van der Waals surface area contributed by atoms with E-state index < -0.39 is 0 Å². The van der Waals surface area contributed by atoms with E-state index in [0.717, 1.165) is 0 Å². The molecule has 48 valence electrons. The Kier molecular flexibility index (Phi) is 9.27. The number of nitrogens with zero attached hydrogens (tertiary/aromatic N) is 1. The molecule has 9 heavy (non-hydrogen) atoms. The smallest absolute Gasteiger partial charge is 1.00 e. The zero-order valence-electron chi connectivity index (χ0n) is 7.45. The number of pyridine rings is 1. The third-order valence-electron chi connectivity index (χ3n) is 0.865. The molecule has 0 fully saturated rings. The summed E-state index contributed by atoms with van der Waals surface area (Å²) in [5, 5.41) is 0. The monoisotopic (exact) mass is 248 g/mol. The molecule has 1 rings (SSSR count). The fourth-order valence-electron chi connectivity index (χ4n) is 0.485. The largest absolute Gasteiger partial charge is 2.00 e. The van der Waals surface area contributed by atoms with Gasteiger partial charge >= 0.3 is 23.1 Å². The first-order valence-corrected chi connectivity index (χ1v) is 2.30. The molecule has 0 saturated heterocycles. The van der Waals surface area contributed by atoms with Crippen molar-refractivity contribution in [1.29, 1.82) is 0 Å². The molecule has 0 N–H and O–H groups in total. The van der Waals surface area contributed by atoms with Crippen molar-refractivity contribution in [3.63, 3.8) is 0 Å². The molecule has 1 aromatic heterocycles. The van der Waals surface area contributed by atoms with Crippen LogP contribution in [0.5, 0.6) is 0 Å². The molecule has 0 unspecified atom stereocenters. The van der Waals surface area contributed by atoms with E-state index in [1.807, 2.05) is 42.2 Å². The Morgan fingerprint density at radius 1 is 1.11 bits per heavy atom. The molecule has 0 radical (unpaired) electrons. The van der Waals surface area contributed by atoms with E-state index in [2.05, 4.69) is 0 Å². The molecule has 0 spiro atoms. The van der Waals surface area contributed by atoms with Crippen LogP contribution < -0.4 is 4.57 Å². The molecule has 1 heterocycles. The van der Waals surface area contributed by atoms with Crippen LogP contribution in [-0.4, -0.2) is 23.1 Å². The van der Waals surface area contributed by atoms with Gasteiger partial charge in [-0.3, -0.25) is 0 Å². The van der Waals surface area contributed by atoms with Crippen molar-refractivity contribution >= 4 is 47.0 Å². The van der Waals surface area contributed by atoms with Crippen LogP contribution in [0.4, 0.5) is 0 Å². The quantitative estimate of drug-likeness (QED) is 0.366. The number of aromatic nitrogens is 1. The zero-order chi connectivity index (χ0) is 5.11. The van der Waals surface area contributed by atoms with Crippen molar-refractivity contribution in [2.75, 3.05) is 0 Å². The first-order chi connectivity index (χ1) is 3.39. The molecule has 0 atom stereocenters. The number of aryl methyl sites for hydroxylation is 1. The van der Waals surface area contributed by atoms with Crippen LogP contribution in [0.25, 0.3) is 0 Å². The van der Waals surface area contributed by atoms with Gasteiger partial charge in [-0.05, 0) is 0 Å². The van der Waals surface area contributed by atoms with Crippen LogP contribution >= 0.6 is 24.0 Å². The predicted octanol–water partition coefficient (Wildman–Crippen LogP) is 0.973. The summed E-state index contributed by atoms with van der Waals surface area (Å²) < 4.78 is 2.00. The molecule has 0 aliphatic heterocycles. The molecule has 0 bridgehead atoms. The van der Waals surface area contributed by atoms with Crippen molar-refractivity contribution in [2.24, 2.45) is 7.05 Å². The first-order valence-electron chi connectivity index (χ1n) is 2.30. The molecule has 0 aromatic carbocycles. The van der Waals surface area contributed by atoms with E-state index in [9.17, 15) is 0 Å². The van der Waals surface area contributed by atoms with Crippen LogP contribution in [0.2, 0.25) is 0 Å². The second-order valence-electron chi connectivity index (χ2n) is 1.54. The average Bonchev–Trinajstić information content (AvgIpc) is 1.69. The topological polar surface area (TPSA) is 3.88 Å². The van der Waals surface area contributed by atoms with Gasteiger partial charge in [0, 0.05) is 12.1 Å². The first kappa shape index (κ1) is 12.3. The van der Waals surface area contributed by atoms with Gasteiger partial charge in [0.1, 0.15) is 7.05 Å². The van der Waals surface area contributed by atoms with Gasteiger partial charge in [0.25, 0.3) is 0 Å². The second kappa shape index (κ2) is 6.76. The molecular weight excluding hydrogens is 237 g/mol. The summed E-state index contributed by atoms with van der Waals surface area (Å²) >= 11 is 0. The van der Waals surface area contributed by atoms with Gasteiger partial charge in [-0.25, -0.2) is 4.57 Å². The fourth-order valence-corrected chi connectivity index (χ4v) is 0.485. The van der Waals surface area contributed by atoms with Gasteiger partial charge in [-0.1, -0.05) is 6.07 Å². The number of rotatable bonds is 0. The SMILES string of the molecule is C[n+]1ccccc1.I.[H-].[H-].[Mg+2]. The van der Waals surface area contributed by atoms with Crippen LogP contribution in [0.1, 0.15) is 2.85 Å². The Morgan fingerprint density at radius 3 is 1.78 bits per heavy atom. The van der Waals surface area contributed by atoms with Gasteiger partial charge in [0.2, 0.25) is 0 Å². The maximum absolute atomic E-state index is 2.00. The van der Waals surface area contributed by atoms with Gasteiger partial charge in [0.05, 0.1) is 0 Å². The van der Waals surface area contributed by atoms with Crippen LogP contribution in [0, 0.1) is 0 Å². The van der Waals surface area contributed by atoms with Crippen LogP contribution in [0.3, 0.4) is 0 Å². The molecule has 0 aliphatic carbocycles. The normalized spacial score (nSPS) is 6.78.